The van der Waals surface area contributed by atoms with E-state index in [1.807, 2.05) is 31.2 Å². The van der Waals surface area contributed by atoms with Crippen LogP contribution in [-0.4, -0.2) is 40.6 Å². The summed E-state index contributed by atoms with van der Waals surface area (Å²) >= 11 is 0. The van der Waals surface area contributed by atoms with Crippen molar-refractivity contribution in [2.24, 2.45) is 0 Å². The Morgan fingerprint density at radius 3 is 2.63 bits per heavy atom. The van der Waals surface area contributed by atoms with E-state index in [0.29, 0.717) is 17.9 Å². The molecule has 27 heavy (non-hydrogen) atoms. The highest BCUT2D eigenvalue weighted by molar-refractivity contribution is 7.93. The number of nitrogens with zero attached hydrogens (tertiary/aromatic N) is 1. The number of fused-ring (bicyclic) bond motifs is 3. The minimum Gasteiger partial charge on any atom is -0.383 e. The summed E-state index contributed by atoms with van der Waals surface area (Å²) in [6.07, 6.45) is 0.844. The number of carbonyl (C=O) groups excluding carboxylic acids is 1. The zero-order valence-corrected chi connectivity index (χ0v) is 16.5. The second-order valence-electron chi connectivity index (χ2n) is 6.64. The highest BCUT2D eigenvalue weighted by atomic mass is 32.2. The number of carbonyl (C=O) groups is 1. The minimum atomic E-state index is -3.82. The number of sulfonamides is 1. The topological polar surface area (TPSA) is 75.7 Å². The summed E-state index contributed by atoms with van der Waals surface area (Å²) in [5.74, 6) is -0.368. The van der Waals surface area contributed by atoms with Crippen LogP contribution in [0.3, 0.4) is 0 Å². The van der Waals surface area contributed by atoms with Gasteiger partial charge in [0.1, 0.15) is 6.54 Å². The molecule has 0 aromatic heterocycles. The second kappa shape index (κ2) is 7.70. The predicted octanol–water partition coefficient (Wildman–Crippen LogP) is 2.58. The molecular weight excluding hydrogens is 364 g/mol. The average molecular weight is 388 g/mol. The molecule has 1 N–H and O–H groups in total. The Hall–Kier alpha value is -2.38. The molecule has 1 atom stereocenters. The molecule has 0 fully saturated rings. The Labute approximate surface area is 160 Å². The molecule has 7 heteroatoms. The third kappa shape index (κ3) is 3.70. The molecule has 0 saturated heterocycles. The monoisotopic (exact) mass is 388 g/mol. The number of methoxy groups -OCH3 is 1. The molecule has 0 aliphatic carbocycles. The fourth-order valence-electron chi connectivity index (χ4n) is 3.31. The van der Waals surface area contributed by atoms with E-state index in [1.54, 1.807) is 25.3 Å². The van der Waals surface area contributed by atoms with Crippen molar-refractivity contribution in [3.8, 4) is 11.1 Å². The highest BCUT2D eigenvalue weighted by Gasteiger charge is 2.36. The molecule has 1 heterocycles. The van der Waals surface area contributed by atoms with E-state index in [4.69, 9.17) is 4.74 Å². The van der Waals surface area contributed by atoms with Crippen LogP contribution >= 0.6 is 0 Å². The molecule has 6 nitrogen and oxygen atoms in total. The molecule has 3 rings (SSSR count). The van der Waals surface area contributed by atoms with Gasteiger partial charge in [0.05, 0.1) is 17.2 Å². The largest absolute Gasteiger partial charge is 0.383 e. The van der Waals surface area contributed by atoms with Crippen LogP contribution in [0.1, 0.15) is 19.4 Å². The van der Waals surface area contributed by atoms with Crippen molar-refractivity contribution in [3.05, 3.63) is 48.0 Å². The number of anilines is 1. The lowest BCUT2D eigenvalue weighted by Crippen LogP contribution is -2.45. The summed E-state index contributed by atoms with van der Waals surface area (Å²) in [5.41, 5.74) is 3.14. The molecule has 2 aromatic rings. The van der Waals surface area contributed by atoms with Crippen LogP contribution in [0.5, 0.6) is 0 Å². The second-order valence-corrected chi connectivity index (χ2v) is 8.47. The summed E-state index contributed by atoms with van der Waals surface area (Å²) in [6, 6.07) is 12.4. The molecule has 2 aromatic carbocycles. The normalized spacial score (nSPS) is 15.6. The van der Waals surface area contributed by atoms with Gasteiger partial charge in [-0.25, -0.2) is 8.42 Å². The Kier molecular flexibility index (Phi) is 5.53. The van der Waals surface area contributed by atoms with Crippen molar-refractivity contribution >= 4 is 21.6 Å². The zero-order valence-electron chi connectivity index (χ0n) is 15.7. The number of hydrogen-bond donors (Lipinski definition) is 1. The van der Waals surface area contributed by atoms with E-state index in [2.05, 4.69) is 12.2 Å². The lowest BCUT2D eigenvalue weighted by Gasteiger charge is -2.32. The lowest BCUT2D eigenvalue weighted by atomic mass is 9.99. The third-order valence-corrected chi connectivity index (χ3v) is 6.41. The average Bonchev–Trinajstić information content (AvgIpc) is 2.65. The van der Waals surface area contributed by atoms with Gasteiger partial charge in [-0.1, -0.05) is 31.2 Å². The van der Waals surface area contributed by atoms with Gasteiger partial charge in [-0.3, -0.25) is 9.10 Å². The summed E-state index contributed by atoms with van der Waals surface area (Å²) in [5, 5.41) is 2.77. The Balaban J connectivity index is 2.04. The maximum Gasteiger partial charge on any atom is 0.265 e. The van der Waals surface area contributed by atoms with E-state index in [1.165, 1.54) is 4.31 Å². The molecule has 0 bridgehead atoms. The van der Waals surface area contributed by atoms with Gasteiger partial charge in [0.2, 0.25) is 5.91 Å². The first-order chi connectivity index (χ1) is 12.9. The number of rotatable bonds is 6. The first-order valence-electron chi connectivity index (χ1n) is 8.91. The minimum absolute atomic E-state index is 0.204. The molecule has 0 spiro atoms. The molecule has 0 saturated carbocycles. The third-order valence-electron chi connectivity index (χ3n) is 4.59. The Bertz CT molecular complexity index is 956. The molecule has 0 radical (unpaired) electrons. The molecular formula is C20H24N2O4S. The van der Waals surface area contributed by atoms with Crippen molar-refractivity contribution in [3.63, 3.8) is 0 Å². The van der Waals surface area contributed by atoms with Crippen molar-refractivity contribution in [2.75, 3.05) is 24.6 Å². The number of nitrogens with one attached hydrogen (secondary N) is 1. The fourth-order valence-corrected chi connectivity index (χ4v) is 4.96. The Morgan fingerprint density at radius 1 is 1.19 bits per heavy atom. The van der Waals surface area contributed by atoms with Crippen molar-refractivity contribution in [1.82, 2.24) is 5.32 Å². The molecule has 0 unspecified atom stereocenters. The fraction of sp³-hybridized carbons (Fsp3) is 0.350. The number of aryl methyl sites for hydroxylation is 1. The summed E-state index contributed by atoms with van der Waals surface area (Å²) < 4.78 is 32.6. The smallest absolute Gasteiger partial charge is 0.265 e. The van der Waals surface area contributed by atoms with Gasteiger partial charge >= 0.3 is 0 Å². The van der Waals surface area contributed by atoms with Gasteiger partial charge in [-0.2, -0.15) is 0 Å². The number of hydrogen-bond acceptors (Lipinski definition) is 4. The quantitative estimate of drug-likeness (QED) is 0.825. The van der Waals surface area contributed by atoms with Crippen LogP contribution in [0, 0.1) is 0 Å². The first-order valence-corrected chi connectivity index (χ1v) is 10.4. The van der Waals surface area contributed by atoms with Crippen molar-refractivity contribution in [2.45, 2.75) is 31.2 Å². The standard InChI is InChI=1S/C20H24N2O4S/c1-4-15-9-10-18-17(11-15)16-7-5-6-8-19(16)27(24,25)22(18)12-20(23)21-14(2)13-26-3/h5-11,14H,4,12-13H2,1-3H3,(H,21,23)/t14-/m1/s1. The summed E-state index contributed by atoms with van der Waals surface area (Å²) in [4.78, 5) is 12.7. The van der Waals surface area contributed by atoms with E-state index in [-0.39, 0.29) is 23.4 Å². The maximum atomic E-state index is 13.2. The van der Waals surface area contributed by atoms with Crippen LogP contribution in [0.25, 0.3) is 11.1 Å². The van der Waals surface area contributed by atoms with Crippen LogP contribution in [0.2, 0.25) is 0 Å². The van der Waals surface area contributed by atoms with E-state index in [9.17, 15) is 13.2 Å². The van der Waals surface area contributed by atoms with Crippen LogP contribution in [0.4, 0.5) is 5.69 Å². The number of amides is 1. The molecule has 1 amide bonds. The van der Waals surface area contributed by atoms with E-state index >= 15 is 0 Å². The van der Waals surface area contributed by atoms with Gasteiger partial charge < -0.3 is 10.1 Å². The van der Waals surface area contributed by atoms with Crippen molar-refractivity contribution < 1.29 is 17.9 Å². The van der Waals surface area contributed by atoms with Crippen LogP contribution in [0.15, 0.2) is 47.4 Å². The zero-order chi connectivity index (χ0) is 19.6. The van der Waals surface area contributed by atoms with Gasteiger partial charge in [0.15, 0.2) is 0 Å². The van der Waals surface area contributed by atoms with Gasteiger partial charge in [0, 0.05) is 24.3 Å². The molecule has 1 aliphatic heterocycles. The maximum absolute atomic E-state index is 13.2. The van der Waals surface area contributed by atoms with E-state index in [0.717, 1.165) is 17.5 Å². The van der Waals surface area contributed by atoms with Crippen LogP contribution < -0.4 is 9.62 Å². The SMILES string of the molecule is CCc1ccc2c(c1)-c1ccccc1S(=O)(=O)N2CC(=O)N[C@H](C)COC. The van der Waals surface area contributed by atoms with Gasteiger partial charge in [-0.15, -0.1) is 0 Å². The highest BCUT2D eigenvalue weighted by Crippen LogP contribution is 2.43. The molecule has 1 aliphatic rings. The van der Waals surface area contributed by atoms with E-state index < -0.39 is 10.0 Å². The first kappa shape index (κ1) is 19.4. The molecule has 144 valence electrons. The summed E-state index contributed by atoms with van der Waals surface area (Å²) in [7, 11) is -2.27. The lowest BCUT2D eigenvalue weighted by molar-refractivity contribution is -0.120. The van der Waals surface area contributed by atoms with Gasteiger partial charge in [-0.05, 0) is 37.1 Å². The number of ether oxygens (including phenoxy) is 1. The number of benzene rings is 2. The Morgan fingerprint density at radius 2 is 1.93 bits per heavy atom. The van der Waals surface area contributed by atoms with Gasteiger partial charge in [0.25, 0.3) is 10.0 Å². The van der Waals surface area contributed by atoms with Crippen LogP contribution in [-0.2, 0) is 26.0 Å². The summed E-state index contributed by atoms with van der Waals surface area (Å²) in [6.45, 7) is 3.94. The van der Waals surface area contributed by atoms with Crippen molar-refractivity contribution in [1.29, 1.82) is 0 Å². The predicted molar refractivity (Wildman–Crippen MR) is 105 cm³/mol.